The Morgan fingerprint density at radius 2 is 1.67 bits per heavy atom. The minimum Gasteiger partial charge on any atom is -0.462 e. The van der Waals surface area contributed by atoms with E-state index in [0.29, 0.717) is 29.4 Å². The average molecular weight is 324 g/mol. The highest BCUT2D eigenvalue weighted by Gasteiger charge is 2.22. The lowest BCUT2D eigenvalue weighted by Gasteiger charge is -2.24. The number of quaternary nitrogens is 1. The van der Waals surface area contributed by atoms with E-state index in [-0.39, 0.29) is 19.8 Å². The molecule has 0 radical (unpaired) electrons. The molecule has 1 unspecified atom stereocenters. The lowest BCUT2D eigenvalue weighted by Crippen LogP contribution is -2.37. The van der Waals surface area contributed by atoms with Crippen molar-refractivity contribution in [1.82, 2.24) is 0 Å². The summed E-state index contributed by atoms with van der Waals surface area (Å²) in [5, 5.41) is 0. The molecule has 0 aromatic heterocycles. The first-order valence-corrected chi connectivity index (χ1v) is 8.28. The summed E-state index contributed by atoms with van der Waals surface area (Å²) in [6, 6.07) is 0. The van der Waals surface area contributed by atoms with E-state index in [1.54, 1.807) is 6.92 Å². The molecule has 0 aliphatic heterocycles. The van der Waals surface area contributed by atoms with E-state index in [9.17, 15) is 14.3 Å². The lowest BCUT2D eigenvalue weighted by atomic mass is 10.3. The van der Waals surface area contributed by atoms with Crippen molar-refractivity contribution in [3.8, 4) is 0 Å². The molecule has 7 nitrogen and oxygen atoms in total. The van der Waals surface area contributed by atoms with Gasteiger partial charge in [-0.25, -0.2) is 9.36 Å². The Morgan fingerprint density at radius 3 is 2.19 bits per heavy atom. The minimum absolute atomic E-state index is 0.0722. The summed E-state index contributed by atoms with van der Waals surface area (Å²) in [6.07, 6.45) is 1.03. The van der Waals surface area contributed by atoms with Gasteiger partial charge in [0.25, 0.3) is 0 Å². The second-order valence-electron chi connectivity index (χ2n) is 5.77. The number of hydrogen-bond donors (Lipinski definition) is 1. The van der Waals surface area contributed by atoms with Crippen molar-refractivity contribution >= 4 is 13.8 Å². The summed E-state index contributed by atoms with van der Waals surface area (Å²) in [4.78, 5) is 20.5. The van der Waals surface area contributed by atoms with Gasteiger partial charge in [-0.15, -0.1) is 0 Å². The zero-order chi connectivity index (χ0) is 16.5. The highest BCUT2D eigenvalue weighted by Crippen LogP contribution is 2.43. The minimum atomic E-state index is -3.99. The van der Waals surface area contributed by atoms with Crippen LogP contribution in [0.4, 0.5) is 0 Å². The van der Waals surface area contributed by atoms with Crippen LogP contribution >= 0.6 is 7.82 Å². The van der Waals surface area contributed by atoms with E-state index in [1.807, 2.05) is 21.1 Å². The first-order valence-electron chi connectivity index (χ1n) is 6.78. The van der Waals surface area contributed by atoms with E-state index in [0.717, 1.165) is 0 Å². The number of ether oxygens (including phenoxy) is 1. The molecule has 124 valence electrons. The number of phosphoric ester groups is 1. The van der Waals surface area contributed by atoms with Gasteiger partial charge in [0.05, 0.1) is 34.4 Å². The molecule has 0 saturated carbocycles. The molecule has 0 aromatic rings. The Bertz CT molecular complexity index is 391. The van der Waals surface area contributed by atoms with Crippen molar-refractivity contribution in [2.45, 2.75) is 19.8 Å². The van der Waals surface area contributed by atoms with E-state index in [4.69, 9.17) is 13.8 Å². The maximum atomic E-state index is 11.5. The molecular weight excluding hydrogens is 297 g/mol. The van der Waals surface area contributed by atoms with Crippen LogP contribution in [0.15, 0.2) is 12.2 Å². The van der Waals surface area contributed by atoms with Crippen LogP contribution < -0.4 is 0 Å². The van der Waals surface area contributed by atoms with Crippen LogP contribution in [0.1, 0.15) is 19.8 Å². The van der Waals surface area contributed by atoms with Crippen molar-refractivity contribution < 1.29 is 32.5 Å². The summed E-state index contributed by atoms with van der Waals surface area (Å²) < 4.78 is 26.7. The second-order valence-corrected chi connectivity index (χ2v) is 7.23. The van der Waals surface area contributed by atoms with E-state index < -0.39 is 13.8 Å². The summed E-state index contributed by atoms with van der Waals surface area (Å²) in [7, 11) is 1.88. The van der Waals surface area contributed by atoms with Gasteiger partial charge in [0.1, 0.15) is 13.2 Å². The van der Waals surface area contributed by atoms with Crippen LogP contribution in [0.2, 0.25) is 0 Å². The standard InChI is InChI=1S/C13H26NO6P/c1-12(2)13(15)18-9-6-7-10-19-21(16,17)20-11-8-14(3,4)5/h1,6-11H2,2-5H3/p+1. The Balaban J connectivity index is 3.68. The number of esters is 1. The van der Waals surface area contributed by atoms with E-state index in [1.165, 1.54) is 0 Å². The van der Waals surface area contributed by atoms with Gasteiger partial charge in [-0.1, -0.05) is 6.58 Å². The van der Waals surface area contributed by atoms with Gasteiger partial charge in [-0.3, -0.25) is 9.05 Å². The van der Waals surface area contributed by atoms with Crippen molar-refractivity contribution in [2.75, 3.05) is 47.5 Å². The molecule has 0 heterocycles. The molecule has 0 rings (SSSR count). The quantitative estimate of drug-likeness (QED) is 0.205. The number of hydrogen-bond acceptors (Lipinski definition) is 5. The molecule has 1 N–H and O–H groups in total. The molecule has 21 heavy (non-hydrogen) atoms. The smallest absolute Gasteiger partial charge is 0.462 e. The monoisotopic (exact) mass is 324 g/mol. The van der Waals surface area contributed by atoms with Gasteiger partial charge in [0.2, 0.25) is 0 Å². The second kappa shape index (κ2) is 9.33. The van der Waals surface area contributed by atoms with Gasteiger partial charge in [0, 0.05) is 5.57 Å². The number of carbonyl (C=O) groups excluding carboxylic acids is 1. The Labute approximate surface area is 126 Å². The molecule has 0 saturated heterocycles. The molecule has 8 heteroatoms. The third-order valence-corrected chi connectivity index (χ3v) is 3.41. The molecule has 0 bridgehead atoms. The Hall–Kier alpha value is -0.720. The van der Waals surface area contributed by atoms with Crippen molar-refractivity contribution in [2.24, 2.45) is 0 Å². The zero-order valence-electron chi connectivity index (χ0n) is 13.3. The number of carbonyl (C=O) groups is 1. The van der Waals surface area contributed by atoms with Crippen LogP contribution in [0.25, 0.3) is 0 Å². The molecule has 0 spiro atoms. The third-order valence-electron chi connectivity index (χ3n) is 2.39. The summed E-state index contributed by atoms with van der Waals surface area (Å²) in [5.74, 6) is -0.438. The van der Waals surface area contributed by atoms with Gasteiger partial charge >= 0.3 is 13.8 Å². The average Bonchev–Trinajstić information content (AvgIpc) is 2.30. The van der Waals surface area contributed by atoms with Crippen LogP contribution in [0.3, 0.4) is 0 Å². The Kier molecular flexibility index (Phi) is 9.01. The summed E-state index contributed by atoms with van der Waals surface area (Å²) in [6.45, 7) is 6.08. The van der Waals surface area contributed by atoms with Gasteiger partial charge in [-0.2, -0.15) is 0 Å². The van der Waals surface area contributed by atoms with E-state index in [2.05, 4.69) is 6.58 Å². The molecule has 0 aromatic carbocycles. The molecule has 1 atom stereocenters. The number of unbranched alkanes of at least 4 members (excludes halogenated alkanes) is 1. The molecular formula is C13H27NO6P+. The highest BCUT2D eigenvalue weighted by molar-refractivity contribution is 7.47. The lowest BCUT2D eigenvalue weighted by molar-refractivity contribution is -0.870. The van der Waals surface area contributed by atoms with Gasteiger partial charge in [0.15, 0.2) is 0 Å². The van der Waals surface area contributed by atoms with Crippen LogP contribution in [0, 0.1) is 0 Å². The van der Waals surface area contributed by atoms with Crippen molar-refractivity contribution in [1.29, 1.82) is 0 Å². The number of nitrogens with zero attached hydrogens (tertiary/aromatic N) is 1. The first-order chi connectivity index (χ1) is 9.53. The first kappa shape index (κ1) is 20.3. The number of phosphoric acid groups is 1. The molecule has 0 fully saturated rings. The maximum absolute atomic E-state index is 11.5. The zero-order valence-corrected chi connectivity index (χ0v) is 14.2. The van der Waals surface area contributed by atoms with Gasteiger partial charge < -0.3 is 14.1 Å². The van der Waals surface area contributed by atoms with Crippen molar-refractivity contribution in [3.63, 3.8) is 0 Å². The fourth-order valence-corrected chi connectivity index (χ4v) is 1.89. The number of likely N-dealkylation sites (N-methyl/N-ethyl adjacent to an activating group) is 1. The maximum Gasteiger partial charge on any atom is 0.472 e. The normalized spacial score (nSPS) is 14.5. The summed E-state index contributed by atoms with van der Waals surface area (Å²) >= 11 is 0. The summed E-state index contributed by atoms with van der Waals surface area (Å²) in [5.41, 5.74) is 0.344. The van der Waals surface area contributed by atoms with E-state index >= 15 is 0 Å². The van der Waals surface area contributed by atoms with Crippen LogP contribution in [-0.2, 0) is 23.1 Å². The van der Waals surface area contributed by atoms with Crippen LogP contribution in [-0.4, -0.2) is 62.9 Å². The molecule has 0 aliphatic rings. The van der Waals surface area contributed by atoms with Gasteiger partial charge in [-0.05, 0) is 19.8 Å². The molecule has 0 amide bonds. The van der Waals surface area contributed by atoms with Crippen LogP contribution in [0.5, 0.6) is 0 Å². The predicted molar refractivity (Wildman–Crippen MR) is 79.6 cm³/mol. The topological polar surface area (TPSA) is 82.1 Å². The SMILES string of the molecule is C=C(C)C(=O)OCCCCOP(=O)(O)OCC[N+](C)(C)C. The van der Waals surface area contributed by atoms with Crippen molar-refractivity contribution in [3.05, 3.63) is 12.2 Å². The number of rotatable bonds is 11. The fourth-order valence-electron chi connectivity index (χ4n) is 1.14. The highest BCUT2D eigenvalue weighted by atomic mass is 31.2. The predicted octanol–water partition coefficient (Wildman–Crippen LogP) is 1.73. The largest absolute Gasteiger partial charge is 0.472 e. The Morgan fingerprint density at radius 1 is 1.14 bits per heavy atom. The molecule has 0 aliphatic carbocycles. The third kappa shape index (κ3) is 12.7. The fraction of sp³-hybridized carbons (Fsp3) is 0.769.